The van der Waals surface area contributed by atoms with Gasteiger partial charge in [-0.3, -0.25) is 0 Å². The van der Waals surface area contributed by atoms with Gasteiger partial charge in [0.15, 0.2) is 5.65 Å². The first kappa shape index (κ1) is 12.5. The molecule has 2 heterocycles. The van der Waals surface area contributed by atoms with Crippen LogP contribution in [-0.2, 0) is 0 Å². The molecule has 2 aromatic carbocycles. The molecule has 0 spiro atoms. The summed E-state index contributed by atoms with van der Waals surface area (Å²) in [4.78, 5) is 0. The number of rotatable bonds is 2. The summed E-state index contributed by atoms with van der Waals surface area (Å²) >= 11 is 0. The fraction of sp³-hybridized carbons (Fsp3) is 0. The summed E-state index contributed by atoms with van der Waals surface area (Å²) in [5.41, 5.74) is 6.33. The van der Waals surface area contributed by atoms with Gasteiger partial charge in [-0.1, -0.05) is 18.2 Å². The molecular weight excluding hydrogens is 285 g/mol. The van der Waals surface area contributed by atoms with E-state index in [1.807, 2.05) is 24.3 Å². The minimum atomic E-state index is -0.330. The van der Waals surface area contributed by atoms with Crippen LogP contribution in [-0.4, -0.2) is 19.8 Å². The standard InChI is InChI=1S/C15H10FN5O/c16-9-5-7-10(8-6-9)22-14-12-4-2-1-3-11(12)13-18-19-15(17)21(13)20-14/h1-8H,(H2,17,19). The molecule has 0 aliphatic heterocycles. The molecule has 0 saturated carbocycles. The van der Waals surface area contributed by atoms with Crippen LogP contribution in [0.25, 0.3) is 16.4 Å². The average Bonchev–Trinajstić information content (AvgIpc) is 2.91. The van der Waals surface area contributed by atoms with Crippen LogP contribution >= 0.6 is 0 Å². The number of nitrogens with zero attached hydrogens (tertiary/aromatic N) is 4. The van der Waals surface area contributed by atoms with Gasteiger partial charge >= 0.3 is 0 Å². The molecule has 6 nitrogen and oxygen atoms in total. The van der Waals surface area contributed by atoms with Gasteiger partial charge in [-0.25, -0.2) is 4.39 Å². The number of nitrogen functional groups attached to an aromatic ring is 1. The van der Waals surface area contributed by atoms with Crippen molar-refractivity contribution in [3.05, 3.63) is 54.3 Å². The van der Waals surface area contributed by atoms with Gasteiger partial charge in [0.25, 0.3) is 0 Å². The number of fused-ring (bicyclic) bond motifs is 3. The average molecular weight is 295 g/mol. The van der Waals surface area contributed by atoms with Gasteiger partial charge in [-0.2, -0.15) is 4.52 Å². The molecule has 0 aliphatic carbocycles. The van der Waals surface area contributed by atoms with E-state index in [9.17, 15) is 4.39 Å². The highest BCUT2D eigenvalue weighted by atomic mass is 19.1. The van der Waals surface area contributed by atoms with E-state index in [-0.39, 0.29) is 11.8 Å². The van der Waals surface area contributed by atoms with Gasteiger partial charge in [0.05, 0.1) is 0 Å². The molecule has 0 saturated heterocycles. The Morgan fingerprint density at radius 2 is 1.68 bits per heavy atom. The van der Waals surface area contributed by atoms with Crippen LogP contribution in [0, 0.1) is 5.82 Å². The minimum Gasteiger partial charge on any atom is -0.437 e. The molecular formula is C15H10FN5O. The summed E-state index contributed by atoms with van der Waals surface area (Å²) in [5, 5.41) is 13.8. The highest BCUT2D eigenvalue weighted by Crippen LogP contribution is 2.30. The number of nitrogens with two attached hydrogens (primary N) is 1. The monoisotopic (exact) mass is 295 g/mol. The van der Waals surface area contributed by atoms with Gasteiger partial charge in [0.2, 0.25) is 11.8 Å². The fourth-order valence-electron chi connectivity index (χ4n) is 2.26. The number of benzene rings is 2. The smallest absolute Gasteiger partial charge is 0.245 e. The van der Waals surface area contributed by atoms with Gasteiger partial charge in [-0.05, 0) is 30.3 Å². The van der Waals surface area contributed by atoms with E-state index in [1.165, 1.54) is 28.8 Å². The number of ether oxygens (including phenoxy) is 1. The van der Waals surface area contributed by atoms with E-state index in [4.69, 9.17) is 10.5 Å². The van der Waals surface area contributed by atoms with Crippen LogP contribution in [0.1, 0.15) is 0 Å². The lowest BCUT2D eigenvalue weighted by Crippen LogP contribution is -2.01. The van der Waals surface area contributed by atoms with Crippen molar-refractivity contribution in [3.63, 3.8) is 0 Å². The molecule has 2 aromatic heterocycles. The van der Waals surface area contributed by atoms with Crippen LogP contribution in [0.5, 0.6) is 11.6 Å². The maximum atomic E-state index is 13.0. The normalized spacial score (nSPS) is 11.1. The molecule has 2 N–H and O–H groups in total. The number of anilines is 1. The molecule has 0 amide bonds. The van der Waals surface area contributed by atoms with Crippen molar-refractivity contribution in [1.29, 1.82) is 0 Å². The summed E-state index contributed by atoms with van der Waals surface area (Å²) < 4.78 is 20.2. The van der Waals surface area contributed by atoms with Crippen molar-refractivity contribution < 1.29 is 9.13 Å². The van der Waals surface area contributed by atoms with Crippen molar-refractivity contribution in [1.82, 2.24) is 19.8 Å². The molecule has 0 radical (unpaired) electrons. The molecule has 108 valence electrons. The lowest BCUT2D eigenvalue weighted by molar-refractivity contribution is 0.458. The Hall–Kier alpha value is -3.22. The third-order valence-electron chi connectivity index (χ3n) is 3.28. The second-order valence-corrected chi connectivity index (χ2v) is 4.70. The van der Waals surface area contributed by atoms with E-state index in [0.29, 0.717) is 17.3 Å². The second kappa shape index (κ2) is 4.66. The fourth-order valence-corrected chi connectivity index (χ4v) is 2.26. The predicted molar refractivity (Wildman–Crippen MR) is 79.2 cm³/mol. The quantitative estimate of drug-likeness (QED) is 0.615. The number of hydrogen-bond donors (Lipinski definition) is 1. The first-order valence-electron chi connectivity index (χ1n) is 6.55. The van der Waals surface area contributed by atoms with Crippen molar-refractivity contribution >= 4 is 22.4 Å². The minimum absolute atomic E-state index is 0.171. The highest BCUT2D eigenvalue weighted by Gasteiger charge is 2.13. The summed E-state index contributed by atoms with van der Waals surface area (Å²) in [6, 6.07) is 13.2. The van der Waals surface area contributed by atoms with E-state index < -0.39 is 0 Å². The number of halogens is 1. The van der Waals surface area contributed by atoms with Crippen molar-refractivity contribution in [3.8, 4) is 11.6 Å². The summed E-state index contributed by atoms with van der Waals surface area (Å²) in [6.45, 7) is 0. The maximum absolute atomic E-state index is 13.0. The van der Waals surface area contributed by atoms with Crippen LogP contribution in [0.3, 0.4) is 0 Å². The lowest BCUT2D eigenvalue weighted by Gasteiger charge is -2.09. The molecule has 0 aliphatic rings. The number of hydrogen-bond acceptors (Lipinski definition) is 5. The van der Waals surface area contributed by atoms with Crippen molar-refractivity contribution in [2.45, 2.75) is 0 Å². The largest absolute Gasteiger partial charge is 0.437 e. The molecule has 22 heavy (non-hydrogen) atoms. The van der Waals surface area contributed by atoms with Crippen LogP contribution in [0.2, 0.25) is 0 Å². The zero-order valence-electron chi connectivity index (χ0n) is 11.3. The van der Waals surface area contributed by atoms with Crippen molar-refractivity contribution in [2.24, 2.45) is 0 Å². The lowest BCUT2D eigenvalue weighted by atomic mass is 10.2. The van der Waals surface area contributed by atoms with Crippen LogP contribution < -0.4 is 10.5 Å². The maximum Gasteiger partial charge on any atom is 0.245 e. The van der Waals surface area contributed by atoms with Gasteiger partial charge in [0, 0.05) is 10.8 Å². The summed E-state index contributed by atoms with van der Waals surface area (Å²) in [7, 11) is 0. The Labute approximate surface area is 124 Å². The highest BCUT2D eigenvalue weighted by molar-refractivity contribution is 5.96. The number of aromatic nitrogens is 4. The van der Waals surface area contributed by atoms with E-state index in [2.05, 4.69) is 15.3 Å². The molecule has 4 rings (SSSR count). The molecule has 0 bridgehead atoms. The van der Waals surface area contributed by atoms with Gasteiger partial charge < -0.3 is 10.5 Å². The van der Waals surface area contributed by atoms with Crippen LogP contribution in [0.15, 0.2) is 48.5 Å². The van der Waals surface area contributed by atoms with Gasteiger partial charge in [-0.15, -0.1) is 15.3 Å². The van der Waals surface area contributed by atoms with E-state index in [0.717, 1.165) is 10.8 Å². The van der Waals surface area contributed by atoms with Crippen LogP contribution in [0.4, 0.5) is 10.3 Å². The molecule has 0 unspecified atom stereocenters. The Kier molecular flexibility index (Phi) is 2.65. The summed E-state index contributed by atoms with van der Waals surface area (Å²) in [6.07, 6.45) is 0. The summed E-state index contributed by atoms with van der Waals surface area (Å²) in [5.74, 6) is 0.666. The van der Waals surface area contributed by atoms with E-state index in [1.54, 1.807) is 0 Å². The zero-order valence-corrected chi connectivity index (χ0v) is 11.3. The topological polar surface area (TPSA) is 78.3 Å². The molecule has 7 heteroatoms. The third kappa shape index (κ3) is 1.91. The van der Waals surface area contributed by atoms with Crippen molar-refractivity contribution in [2.75, 3.05) is 5.73 Å². The molecule has 0 atom stereocenters. The first-order chi connectivity index (χ1) is 10.7. The van der Waals surface area contributed by atoms with Gasteiger partial charge in [0.1, 0.15) is 11.6 Å². The SMILES string of the molecule is Nc1nnc2c3ccccc3c(Oc3ccc(F)cc3)nn12. The third-order valence-corrected chi connectivity index (χ3v) is 3.28. The molecule has 4 aromatic rings. The van der Waals surface area contributed by atoms with E-state index >= 15 is 0 Å². The zero-order chi connectivity index (χ0) is 15.1. The Balaban J connectivity index is 1.94. The Bertz CT molecular complexity index is 980. The second-order valence-electron chi connectivity index (χ2n) is 4.70. The first-order valence-corrected chi connectivity index (χ1v) is 6.55. The predicted octanol–water partition coefficient (Wildman–Crippen LogP) is 2.79. The molecule has 0 fully saturated rings. The Morgan fingerprint density at radius 3 is 2.45 bits per heavy atom. The Morgan fingerprint density at radius 1 is 0.955 bits per heavy atom.